The fraction of sp³-hybridized carbons (Fsp3) is 0.786. The van der Waals surface area contributed by atoms with Gasteiger partial charge >= 0.3 is 0 Å². The van der Waals surface area contributed by atoms with E-state index in [0.717, 1.165) is 34.5 Å². The number of rotatable bonds is 10. The molecule has 0 aliphatic rings. The van der Waals surface area contributed by atoms with Crippen molar-refractivity contribution in [2.45, 2.75) is 40.5 Å². The van der Waals surface area contributed by atoms with Crippen LogP contribution in [-0.2, 0) is 4.79 Å². The molecule has 0 rings (SSSR count). The van der Waals surface area contributed by atoms with Crippen LogP contribution in [0.5, 0.6) is 0 Å². The van der Waals surface area contributed by atoms with Gasteiger partial charge in [0.25, 0.3) is 0 Å². The third-order valence-electron chi connectivity index (χ3n) is 2.32. The number of allylic oxidation sites excluding steroid dienone is 1. The van der Waals surface area contributed by atoms with Crippen molar-refractivity contribution in [2.75, 3.05) is 17.3 Å². The summed E-state index contributed by atoms with van der Waals surface area (Å²) in [6.45, 7) is 8.92. The predicted octanol–water partition coefficient (Wildman–Crippen LogP) is 4.63. The molecular formula is C14H26OS2. The minimum atomic E-state index is 0.718. The van der Waals surface area contributed by atoms with Gasteiger partial charge in [-0.3, -0.25) is 4.79 Å². The van der Waals surface area contributed by atoms with Crippen molar-refractivity contribution in [1.82, 2.24) is 0 Å². The third-order valence-corrected chi connectivity index (χ3v) is 4.28. The Hall–Kier alpha value is 0.110. The Morgan fingerprint density at radius 3 is 2.18 bits per heavy atom. The van der Waals surface area contributed by atoms with Crippen LogP contribution in [0.25, 0.3) is 0 Å². The molecule has 100 valence electrons. The zero-order chi connectivity index (χ0) is 13.1. The minimum Gasteiger partial charge on any atom is -0.297 e. The quantitative estimate of drug-likeness (QED) is 0.328. The number of aldehydes is 1. The summed E-state index contributed by atoms with van der Waals surface area (Å²) in [6.07, 6.45) is 5.50. The standard InChI is InChI=1S/C14H26OS2/c1-12(2)5-8-16-9-7-14(11-15)17-10-6-13(3)4/h7,11-13H,5-6,8-10H2,1-4H3/b14-7+. The molecule has 0 atom stereocenters. The van der Waals surface area contributed by atoms with Gasteiger partial charge in [-0.1, -0.05) is 33.8 Å². The smallest absolute Gasteiger partial charge is 0.156 e. The summed E-state index contributed by atoms with van der Waals surface area (Å²) in [5.41, 5.74) is 0. The van der Waals surface area contributed by atoms with E-state index in [1.165, 1.54) is 18.6 Å². The summed E-state index contributed by atoms with van der Waals surface area (Å²) in [5.74, 6) is 4.71. The van der Waals surface area contributed by atoms with Gasteiger partial charge in [0.05, 0.1) is 0 Å². The highest BCUT2D eigenvalue weighted by Gasteiger charge is 1.99. The van der Waals surface area contributed by atoms with Crippen LogP contribution in [0.1, 0.15) is 40.5 Å². The van der Waals surface area contributed by atoms with E-state index in [4.69, 9.17) is 0 Å². The Morgan fingerprint density at radius 2 is 1.65 bits per heavy atom. The molecule has 0 aliphatic carbocycles. The largest absolute Gasteiger partial charge is 0.297 e. The second-order valence-corrected chi connectivity index (χ2v) is 7.33. The summed E-state index contributed by atoms with van der Waals surface area (Å²) < 4.78 is 0. The first-order chi connectivity index (χ1) is 8.06. The van der Waals surface area contributed by atoms with Gasteiger partial charge in [0.1, 0.15) is 0 Å². The van der Waals surface area contributed by atoms with Crippen molar-refractivity contribution >= 4 is 29.8 Å². The first kappa shape index (κ1) is 17.1. The molecule has 0 radical (unpaired) electrons. The topological polar surface area (TPSA) is 17.1 Å². The molecule has 0 aromatic rings. The van der Waals surface area contributed by atoms with Gasteiger partial charge < -0.3 is 0 Å². The predicted molar refractivity (Wildman–Crippen MR) is 82.8 cm³/mol. The van der Waals surface area contributed by atoms with Gasteiger partial charge in [-0.2, -0.15) is 11.8 Å². The zero-order valence-electron chi connectivity index (χ0n) is 11.6. The van der Waals surface area contributed by atoms with Crippen LogP contribution < -0.4 is 0 Å². The van der Waals surface area contributed by atoms with Gasteiger partial charge in [-0.15, -0.1) is 11.8 Å². The molecule has 0 unspecified atom stereocenters. The molecule has 0 N–H and O–H groups in total. The maximum Gasteiger partial charge on any atom is 0.156 e. The molecule has 0 heterocycles. The second kappa shape index (κ2) is 11.2. The van der Waals surface area contributed by atoms with Crippen LogP contribution in [0.3, 0.4) is 0 Å². The molecule has 0 aromatic heterocycles. The van der Waals surface area contributed by atoms with Crippen LogP contribution >= 0.6 is 23.5 Å². The molecule has 0 amide bonds. The van der Waals surface area contributed by atoms with E-state index in [1.807, 2.05) is 11.8 Å². The Balaban J connectivity index is 3.66. The highest BCUT2D eigenvalue weighted by Crippen LogP contribution is 2.18. The van der Waals surface area contributed by atoms with Crippen LogP contribution in [-0.4, -0.2) is 23.5 Å². The van der Waals surface area contributed by atoms with Crippen molar-refractivity contribution < 1.29 is 4.79 Å². The minimum absolute atomic E-state index is 0.718. The van der Waals surface area contributed by atoms with E-state index in [1.54, 1.807) is 11.8 Å². The lowest BCUT2D eigenvalue weighted by atomic mass is 10.2. The Labute approximate surface area is 115 Å². The molecule has 0 aromatic carbocycles. The molecule has 0 fully saturated rings. The maximum absolute atomic E-state index is 10.9. The van der Waals surface area contributed by atoms with Gasteiger partial charge in [0, 0.05) is 10.7 Å². The van der Waals surface area contributed by atoms with Crippen molar-refractivity contribution in [3.63, 3.8) is 0 Å². The summed E-state index contributed by atoms with van der Waals surface area (Å²) in [6, 6.07) is 0. The third kappa shape index (κ3) is 12.4. The van der Waals surface area contributed by atoms with E-state index in [2.05, 4.69) is 33.8 Å². The van der Waals surface area contributed by atoms with Crippen molar-refractivity contribution in [1.29, 1.82) is 0 Å². The van der Waals surface area contributed by atoms with Crippen LogP contribution in [0.15, 0.2) is 11.0 Å². The van der Waals surface area contributed by atoms with E-state index in [-0.39, 0.29) is 0 Å². The number of carbonyl (C=O) groups excluding carboxylic acids is 1. The summed E-state index contributed by atoms with van der Waals surface area (Å²) >= 11 is 3.61. The number of hydrogen-bond donors (Lipinski definition) is 0. The molecule has 3 heteroatoms. The average Bonchev–Trinajstić information content (AvgIpc) is 2.25. The highest BCUT2D eigenvalue weighted by atomic mass is 32.2. The second-order valence-electron chi connectivity index (χ2n) is 5.01. The van der Waals surface area contributed by atoms with Gasteiger partial charge in [-0.25, -0.2) is 0 Å². The average molecular weight is 274 g/mol. The maximum atomic E-state index is 10.9. The number of thioether (sulfide) groups is 2. The van der Waals surface area contributed by atoms with Crippen molar-refractivity contribution in [3.8, 4) is 0 Å². The Bertz CT molecular complexity index is 222. The molecule has 1 nitrogen and oxygen atoms in total. The van der Waals surface area contributed by atoms with E-state index >= 15 is 0 Å². The molecule has 0 aliphatic heterocycles. The molecule has 0 bridgehead atoms. The lowest BCUT2D eigenvalue weighted by Gasteiger charge is -2.04. The Kier molecular flexibility index (Phi) is 11.3. The van der Waals surface area contributed by atoms with Crippen molar-refractivity contribution in [2.24, 2.45) is 11.8 Å². The first-order valence-corrected chi connectivity index (χ1v) is 8.56. The van der Waals surface area contributed by atoms with E-state index < -0.39 is 0 Å². The first-order valence-electron chi connectivity index (χ1n) is 6.42. The fourth-order valence-corrected chi connectivity index (χ4v) is 3.40. The fourth-order valence-electron chi connectivity index (χ4n) is 1.10. The summed E-state index contributed by atoms with van der Waals surface area (Å²) in [5, 5.41) is 0. The van der Waals surface area contributed by atoms with Gasteiger partial charge in [0.2, 0.25) is 0 Å². The van der Waals surface area contributed by atoms with Crippen LogP contribution in [0, 0.1) is 11.8 Å². The van der Waals surface area contributed by atoms with E-state index in [0.29, 0.717) is 0 Å². The molecule has 0 saturated heterocycles. The van der Waals surface area contributed by atoms with E-state index in [9.17, 15) is 4.79 Å². The number of hydrogen-bond acceptors (Lipinski definition) is 3. The monoisotopic (exact) mass is 274 g/mol. The highest BCUT2D eigenvalue weighted by molar-refractivity contribution is 8.04. The lowest BCUT2D eigenvalue weighted by Crippen LogP contribution is -1.92. The molecular weight excluding hydrogens is 248 g/mol. The molecule has 0 saturated carbocycles. The molecule has 0 spiro atoms. The Morgan fingerprint density at radius 1 is 1.06 bits per heavy atom. The lowest BCUT2D eigenvalue weighted by molar-refractivity contribution is -0.104. The van der Waals surface area contributed by atoms with Gasteiger partial charge in [-0.05, 0) is 36.2 Å². The van der Waals surface area contributed by atoms with Gasteiger partial charge in [0.15, 0.2) is 6.29 Å². The SMILES string of the molecule is CC(C)CCSC/C=C(\C=O)SCCC(C)C. The molecule has 17 heavy (non-hydrogen) atoms. The summed E-state index contributed by atoms with van der Waals surface area (Å²) in [4.78, 5) is 11.8. The summed E-state index contributed by atoms with van der Waals surface area (Å²) in [7, 11) is 0. The van der Waals surface area contributed by atoms with Crippen LogP contribution in [0.4, 0.5) is 0 Å². The number of carbonyl (C=O) groups is 1. The zero-order valence-corrected chi connectivity index (χ0v) is 13.2. The normalized spacial score (nSPS) is 12.5. The van der Waals surface area contributed by atoms with Crippen LogP contribution in [0.2, 0.25) is 0 Å². The van der Waals surface area contributed by atoms with Crippen molar-refractivity contribution in [3.05, 3.63) is 11.0 Å².